The van der Waals surface area contributed by atoms with Gasteiger partial charge < -0.3 is 14.9 Å². The Hall–Kier alpha value is -1.26. The van der Waals surface area contributed by atoms with Crippen molar-refractivity contribution in [3.63, 3.8) is 0 Å². The molecule has 0 heterocycles. The van der Waals surface area contributed by atoms with Crippen molar-refractivity contribution in [3.8, 4) is 0 Å². The number of nitrogens with zero attached hydrogens (tertiary/aromatic N) is 2. The van der Waals surface area contributed by atoms with E-state index in [1.807, 2.05) is 11.8 Å². The summed E-state index contributed by atoms with van der Waals surface area (Å²) in [7, 11) is 0. The van der Waals surface area contributed by atoms with E-state index < -0.39 is 5.97 Å². The van der Waals surface area contributed by atoms with E-state index in [1.54, 1.807) is 0 Å². The number of carboxylic acids is 1. The number of hydrogen-bond acceptors (Lipinski definition) is 2. The SMILES string of the molecule is CCCN(CC(=O)O)C(=O)N(CC(C)C)C1CCCC1. The molecule has 0 aromatic rings. The lowest BCUT2D eigenvalue weighted by molar-refractivity contribution is -0.137. The predicted octanol–water partition coefficient (Wildman–Crippen LogP) is 2.80. The molecule has 20 heavy (non-hydrogen) atoms. The molecule has 0 aromatic carbocycles. The molecule has 0 aliphatic heterocycles. The van der Waals surface area contributed by atoms with E-state index in [0.717, 1.165) is 19.3 Å². The summed E-state index contributed by atoms with van der Waals surface area (Å²) < 4.78 is 0. The van der Waals surface area contributed by atoms with Crippen LogP contribution in [0.3, 0.4) is 0 Å². The van der Waals surface area contributed by atoms with Gasteiger partial charge in [0, 0.05) is 19.1 Å². The van der Waals surface area contributed by atoms with Gasteiger partial charge in [-0.25, -0.2) is 4.79 Å². The van der Waals surface area contributed by atoms with Gasteiger partial charge in [0.05, 0.1) is 0 Å². The molecule has 0 spiro atoms. The van der Waals surface area contributed by atoms with Crippen molar-refractivity contribution in [3.05, 3.63) is 0 Å². The standard InChI is InChI=1S/C15H28N2O3/c1-4-9-16(11-14(18)19)15(20)17(10-12(2)3)13-7-5-6-8-13/h12-13H,4-11H2,1-3H3,(H,18,19). The molecule has 0 saturated heterocycles. The molecule has 0 aromatic heterocycles. The molecule has 1 saturated carbocycles. The third-order valence-corrected chi connectivity index (χ3v) is 3.66. The van der Waals surface area contributed by atoms with Crippen LogP contribution >= 0.6 is 0 Å². The molecule has 0 unspecified atom stereocenters. The molecule has 5 nitrogen and oxygen atoms in total. The maximum atomic E-state index is 12.7. The molecular formula is C15H28N2O3. The van der Waals surface area contributed by atoms with Gasteiger partial charge in [-0.15, -0.1) is 0 Å². The highest BCUT2D eigenvalue weighted by Crippen LogP contribution is 2.25. The van der Waals surface area contributed by atoms with Crippen LogP contribution in [-0.4, -0.2) is 52.6 Å². The highest BCUT2D eigenvalue weighted by atomic mass is 16.4. The smallest absolute Gasteiger partial charge is 0.323 e. The molecule has 1 rings (SSSR count). The highest BCUT2D eigenvalue weighted by molar-refractivity contribution is 5.80. The zero-order valence-electron chi connectivity index (χ0n) is 13.0. The molecule has 5 heteroatoms. The largest absolute Gasteiger partial charge is 0.480 e. The van der Waals surface area contributed by atoms with Crippen LogP contribution in [0.25, 0.3) is 0 Å². The average molecular weight is 284 g/mol. The molecule has 1 aliphatic rings. The van der Waals surface area contributed by atoms with E-state index in [4.69, 9.17) is 5.11 Å². The lowest BCUT2D eigenvalue weighted by Crippen LogP contribution is -2.50. The number of amides is 2. The zero-order valence-corrected chi connectivity index (χ0v) is 13.0. The second-order valence-corrected chi connectivity index (χ2v) is 6.08. The second kappa shape index (κ2) is 8.12. The van der Waals surface area contributed by atoms with E-state index in [-0.39, 0.29) is 18.6 Å². The van der Waals surface area contributed by atoms with Gasteiger partial charge in [-0.05, 0) is 25.2 Å². The van der Waals surface area contributed by atoms with Gasteiger partial charge in [0.15, 0.2) is 0 Å². The summed E-state index contributed by atoms with van der Waals surface area (Å²) in [6.07, 6.45) is 5.20. The summed E-state index contributed by atoms with van der Waals surface area (Å²) in [4.78, 5) is 27.0. The molecule has 1 fully saturated rings. The molecule has 1 N–H and O–H groups in total. The van der Waals surface area contributed by atoms with Crippen LogP contribution in [0.2, 0.25) is 0 Å². The monoisotopic (exact) mass is 284 g/mol. The Bertz CT molecular complexity index is 325. The van der Waals surface area contributed by atoms with E-state index >= 15 is 0 Å². The van der Waals surface area contributed by atoms with Crippen LogP contribution in [0.5, 0.6) is 0 Å². The van der Waals surface area contributed by atoms with E-state index in [0.29, 0.717) is 19.0 Å². The Morgan fingerprint density at radius 1 is 1.25 bits per heavy atom. The maximum Gasteiger partial charge on any atom is 0.323 e. The van der Waals surface area contributed by atoms with Crippen LogP contribution in [0.4, 0.5) is 4.79 Å². The Morgan fingerprint density at radius 3 is 2.30 bits per heavy atom. The lowest BCUT2D eigenvalue weighted by Gasteiger charge is -2.35. The Morgan fingerprint density at radius 2 is 1.85 bits per heavy atom. The number of carboxylic acid groups (broad SMARTS) is 1. The number of rotatable bonds is 7. The molecule has 2 amide bonds. The minimum absolute atomic E-state index is 0.102. The van der Waals surface area contributed by atoms with E-state index in [1.165, 1.54) is 17.7 Å². The predicted molar refractivity (Wildman–Crippen MR) is 78.7 cm³/mol. The molecule has 116 valence electrons. The Balaban J connectivity index is 2.79. The van der Waals surface area contributed by atoms with Crippen LogP contribution in [-0.2, 0) is 4.79 Å². The van der Waals surface area contributed by atoms with Crippen molar-refractivity contribution < 1.29 is 14.7 Å². The number of carbonyl (C=O) groups excluding carboxylic acids is 1. The van der Waals surface area contributed by atoms with Crippen molar-refractivity contribution in [1.29, 1.82) is 0 Å². The molecule has 0 radical (unpaired) electrons. The van der Waals surface area contributed by atoms with Gasteiger partial charge in [-0.2, -0.15) is 0 Å². The minimum atomic E-state index is -0.942. The summed E-state index contributed by atoms with van der Waals surface area (Å²) >= 11 is 0. The summed E-state index contributed by atoms with van der Waals surface area (Å²) in [6, 6.07) is 0.188. The topological polar surface area (TPSA) is 60.9 Å². The van der Waals surface area contributed by atoms with Gasteiger partial charge in [0.1, 0.15) is 6.54 Å². The number of carbonyl (C=O) groups is 2. The van der Waals surface area contributed by atoms with Crippen molar-refractivity contribution in [2.75, 3.05) is 19.6 Å². The quantitative estimate of drug-likeness (QED) is 0.782. The van der Waals surface area contributed by atoms with E-state index in [2.05, 4.69) is 13.8 Å². The first-order chi connectivity index (χ1) is 9.45. The van der Waals surface area contributed by atoms with Crippen LogP contribution in [0, 0.1) is 5.92 Å². The fraction of sp³-hybridized carbons (Fsp3) is 0.867. The van der Waals surface area contributed by atoms with Crippen LogP contribution in [0.1, 0.15) is 52.9 Å². The van der Waals surface area contributed by atoms with Crippen molar-refractivity contribution in [1.82, 2.24) is 9.80 Å². The second-order valence-electron chi connectivity index (χ2n) is 6.08. The first kappa shape index (κ1) is 16.8. The fourth-order valence-electron chi connectivity index (χ4n) is 2.85. The molecular weight excluding hydrogens is 256 g/mol. The highest BCUT2D eigenvalue weighted by Gasteiger charge is 2.30. The lowest BCUT2D eigenvalue weighted by atomic mass is 10.1. The third-order valence-electron chi connectivity index (χ3n) is 3.66. The van der Waals surface area contributed by atoms with Gasteiger partial charge in [-0.3, -0.25) is 4.79 Å². The molecule has 0 atom stereocenters. The Kier molecular flexibility index (Phi) is 6.82. The molecule has 0 bridgehead atoms. The van der Waals surface area contributed by atoms with Gasteiger partial charge in [0.2, 0.25) is 0 Å². The summed E-state index contributed by atoms with van der Waals surface area (Å²) in [6.45, 7) is 7.17. The van der Waals surface area contributed by atoms with Gasteiger partial charge >= 0.3 is 12.0 Å². The number of urea groups is 1. The minimum Gasteiger partial charge on any atom is -0.480 e. The first-order valence-electron chi connectivity index (χ1n) is 7.73. The number of aliphatic carboxylic acids is 1. The summed E-state index contributed by atoms with van der Waals surface area (Å²) in [5.41, 5.74) is 0. The third kappa shape index (κ3) is 5.02. The normalized spacial score (nSPS) is 15.6. The van der Waals surface area contributed by atoms with Gasteiger partial charge in [-0.1, -0.05) is 33.6 Å². The van der Waals surface area contributed by atoms with E-state index in [9.17, 15) is 9.59 Å². The first-order valence-corrected chi connectivity index (χ1v) is 7.73. The summed E-state index contributed by atoms with van der Waals surface area (Å²) in [5, 5.41) is 8.98. The zero-order chi connectivity index (χ0) is 15.1. The number of hydrogen-bond donors (Lipinski definition) is 1. The maximum absolute atomic E-state index is 12.7. The summed E-state index contributed by atoms with van der Waals surface area (Å²) in [5.74, 6) is -0.546. The van der Waals surface area contributed by atoms with Crippen molar-refractivity contribution in [2.45, 2.75) is 58.9 Å². The fourth-order valence-corrected chi connectivity index (χ4v) is 2.85. The van der Waals surface area contributed by atoms with Gasteiger partial charge in [0.25, 0.3) is 0 Å². The molecule has 1 aliphatic carbocycles. The average Bonchev–Trinajstić information content (AvgIpc) is 2.87. The van der Waals surface area contributed by atoms with Crippen molar-refractivity contribution >= 4 is 12.0 Å². The Labute approximate surface area is 121 Å². The van der Waals surface area contributed by atoms with Crippen LogP contribution in [0.15, 0.2) is 0 Å². The van der Waals surface area contributed by atoms with Crippen molar-refractivity contribution in [2.24, 2.45) is 5.92 Å². The van der Waals surface area contributed by atoms with Crippen LogP contribution < -0.4 is 0 Å².